The minimum Gasteiger partial charge on any atom is -0.310 e. The third-order valence-corrected chi connectivity index (χ3v) is 3.98. The van der Waals surface area contributed by atoms with Crippen LogP contribution in [-0.2, 0) is 6.54 Å². The fraction of sp³-hybridized carbons (Fsp3) is 0.571. The summed E-state index contributed by atoms with van der Waals surface area (Å²) in [5.41, 5.74) is 0.852. The van der Waals surface area contributed by atoms with Gasteiger partial charge in [-0.3, -0.25) is 10.1 Å². The highest BCUT2D eigenvalue weighted by atomic mass is 35.5. The van der Waals surface area contributed by atoms with Crippen LogP contribution >= 0.6 is 11.6 Å². The number of hydrogen-bond acceptors (Lipinski definition) is 3. The van der Waals surface area contributed by atoms with Crippen molar-refractivity contribution in [3.63, 3.8) is 0 Å². The lowest BCUT2D eigenvalue weighted by Crippen LogP contribution is -2.32. The summed E-state index contributed by atoms with van der Waals surface area (Å²) in [7, 11) is 0. The molecule has 1 unspecified atom stereocenters. The van der Waals surface area contributed by atoms with Crippen molar-refractivity contribution in [2.75, 3.05) is 0 Å². The monoisotopic (exact) mass is 284 g/mol. The van der Waals surface area contributed by atoms with Gasteiger partial charge in [0.15, 0.2) is 0 Å². The van der Waals surface area contributed by atoms with Crippen LogP contribution in [0.1, 0.15) is 39.2 Å². The van der Waals surface area contributed by atoms with E-state index in [4.69, 9.17) is 11.6 Å². The lowest BCUT2D eigenvalue weighted by atomic mass is 9.95. The maximum absolute atomic E-state index is 10.7. The Hall–Kier alpha value is -1.13. The molecule has 0 aliphatic carbocycles. The van der Waals surface area contributed by atoms with Crippen LogP contribution in [0, 0.1) is 16.0 Å². The Morgan fingerprint density at radius 1 is 1.37 bits per heavy atom. The van der Waals surface area contributed by atoms with E-state index < -0.39 is 4.92 Å². The maximum Gasteiger partial charge on any atom is 0.269 e. The fourth-order valence-corrected chi connectivity index (χ4v) is 2.43. The second-order valence-electron chi connectivity index (χ2n) is 4.78. The molecule has 1 N–H and O–H groups in total. The van der Waals surface area contributed by atoms with Gasteiger partial charge in [0.1, 0.15) is 0 Å². The minimum absolute atomic E-state index is 0.0800. The van der Waals surface area contributed by atoms with E-state index in [1.165, 1.54) is 12.1 Å². The van der Waals surface area contributed by atoms with E-state index in [0.717, 1.165) is 18.4 Å². The minimum atomic E-state index is -0.399. The number of halogens is 1. The van der Waals surface area contributed by atoms with Crippen LogP contribution in [0.4, 0.5) is 5.69 Å². The smallest absolute Gasteiger partial charge is 0.269 e. The summed E-state index contributed by atoms with van der Waals surface area (Å²) >= 11 is 6.07. The number of non-ortho nitro benzene ring substituents is 1. The Bertz CT molecular complexity index is 433. The first-order chi connectivity index (χ1) is 8.99. The molecule has 1 aromatic rings. The van der Waals surface area contributed by atoms with Crippen LogP contribution in [0.15, 0.2) is 18.2 Å². The zero-order valence-corrected chi connectivity index (χ0v) is 12.4. The van der Waals surface area contributed by atoms with Gasteiger partial charge in [-0.25, -0.2) is 0 Å². The van der Waals surface area contributed by atoms with Gasteiger partial charge in [0, 0.05) is 29.7 Å². The first kappa shape index (κ1) is 15.9. The summed E-state index contributed by atoms with van der Waals surface area (Å²) in [5.74, 6) is 0.609. The molecule has 4 nitrogen and oxygen atoms in total. The van der Waals surface area contributed by atoms with Crippen molar-refractivity contribution in [2.45, 2.75) is 46.2 Å². The molecule has 0 saturated carbocycles. The normalized spacial score (nSPS) is 12.7. The van der Waals surface area contributed by atoms with E-state index in [0.29, 0.717) is 23.5 Å². The second-order valence-corrected chi connectivity index (χ2v) is 5.19. The van der Waals surface area contributed by atoms with Crippen molar-refractivity contribution in [2.24, 2.45) is 5.92 Å². The van der Waals surface area contributed by atoms with Crippen LogP contribution in [0.5, 0.6) is 0 Å². The van der Waals surface area contributed by atoms with E-state index in [9.17, 15) is 10.1 Å². The standard InChI is InChI=1S/C14H21ClN2O2/c1-4-11(5-2)10(3)16-9-12-8-13(17(18)19)6-7-14(12)15/h6-8,10-11,16H,4-5,9H2,1-3H3. The summed E-state index contributed by atoms with van der Waals surface area (Å²) in [6.07, 6.45) is 2.24. The molecular formula is C14H21ClN2O2. The van der Waals surface area contributed by atoms with Gasteiger partial charge >= 0.3 is 0 Å². The Kier molecular flexibility index (Phi) is 6.25. The highest BCUT2D eigenvalue weighted by Gasteiger charge is 2.14. The van der Waals surface area contributed by atoms with E-state index in [1.54, 1.807) is 6.07 Å². The molecular weight excluding hydrogens is 264 g/mol. The largest absolute Gasteiger partial charge is 0.310 e. The quantitative estimate of drug-likeness (QED) is 0.604. The zero-order chi connectivity index (χ0) is 14.4. The number of nitrogens with one attached hydrogen (secondary N) is 1. The summed E-state index contributed by atoms with van der Waals surface area (Å²) in [6.45, 7) is 7.04. The molecule has 0 amide bonds. The van der Waals surface area contributed by atoms with Gasteiger partial charge < -0.3 is 5.32 Å². The number of hydrogen-bond donors (Lipinski definition) is 1. The van der Waals surface area contributed by atoms with Crippen molar-refractivity contribution in [1.29, 1.82) is 0 Å². The number of nitro benzene ring substituents is 1. The third-order valence-electron chi connectivity index (χ3n) is 3.61. The molecule has 0 heterocycles. The highest BCUT2D eigenvalue weighted by Crippen LogP contribution is 2.22. The van der Waals surface area contributed by atoms with Gasteiger partial charge in [0.2, 0.25) is 0 Å². The lowest BCUT2D eigenvalue weighted by Gasteiger charge is -2.22. The lowest BCUT2D eigenvalue weighted by molar-refractivity contribution is -0.384. The van der Waals surface area contributed by atoms with Crippen molar-refractivity contribution in [3.05, 3.63) is 38.9 Å². The molecule has 1 rings (SSSR count). The molecule has 0 bridgehead atoms. The van der Waals surface area contributed by atoms with Crippen LogP contribution in [0.25, 0.3) is 0 Å². The van der Waals surface area contributed by atoms with Gasteiger partial charge in [-0.05, 0) is 24.5 Å². The van der Waals surface area contributed by atoms with Gasteiger partial charge in [-0.2, -0.15) is 0 Å². The van der Waals surface area contributed by atoms with Gasteiger partial charge in [-0.1, -0.05) is 38.3 Å². The highest BCUT2D eigenvalue weighted by molar-refractivity contribution is 6.31. The topological polar surface area (TPSA) is 55.2 Å². The average Bonchev–Trinajstić information content (AvgIpc) is 2.38. The van der Waals surface area contributed by atoms with Crippen molar-refractivity contribution >= 4 is 17.3 Å². The molecule has 106 valence electrons. The number of rotatable bonds is 7. The fourth-order valence-electron chi connectivity index (χ4n) is 2.24. The molecule has 19 heavy (non-hydrogen) atoms. The number of benzene rings is 1. The third kappa shape index (κ3) is 4.48. The van der Waals surface area contributed by atoms with Crippen molar-refractivity contribution in [1.82, 2.24) is 5.32 Å². The SMILES string of the molecule is CCC(CC)C(C)NCc1cc([N+](=O)[O-])ccc1Cl. The molecule has 0 fully saturated rings. The van der Waals surface area contributed by atoms with Gasteiger partial charge in [-0.15, -0.1) is 0 Å². The van der Waals surface area contributed by atoms with Crippen LogP contribution in [0.2, 0.25) is 5.02 Å². The van der Waals surface area contributed by atoms with Crippen molar-refractivity contribution in [3.8, 4) is 0 Å². The molecule has 0 spiro atoms. The molecule has 5 heteroatoms. The van der Waals surface area contributed by atoms with E-state index in [2.05, 4.69) is 26.1 Å². The Labute approximate surface area is 119 Å². The van der Waals surface area contributed by atoms with Crippen LogP contribution < -0.4 is 5.32 Å². The summed E-state index contributed by atoms with van der Waals surface area (Å²) in [6, 6.07) is 4.91. The zero-order valence-electron chi connectivity index (χ0n) is 11.6. The Balaban J connectivity index is 2.71. The first-order valence-corrected chi connectivity index (χ1v) is 7.03. The molecule has 1 aromatic carbocycles. The van der Waals surface area contributed by atoms with E-state index in [-0.39, 0.29) is 5.69 Å². The van der Waals surface area contributed by atoms with E-state index in [1.807, 2.05) is 0 Å². The van der Waals surface area contributed by atoms with E-state index >= 15 is 0 Å². The molecule has 0 aliphatic heterocycles. The summed E-state index contributed by atoms with van der Waals surface area (Å²) in [4.78, 5) is 10.3. The van der Waals surface area contributed by atoms with Gasteiger partial charge in [0.25, 0.3) is 5.69 Å². The molecule has 1 atom stereocenters. The molecule has 0 radical (unpaired) electrons. The second kappa shape index (κ2) is 7.46. The Morgan fingerprint density at radius 3 is 2.53 bits per heavy atom. The van der Waals surface area contributed by atoms with Crippen LogP contribution in [0.3, 0.4) is 0 Å². The van der Waals surface area contributed by atoms with Crippen LogP contribution in [-0.4, -0.2) is 11.0 Å². The molecule has 0 aromatic heterocycles. The number of nitro groups is 1. The molecule has 0 saturated heterocycles. The number of nitrogens with zero attached hydrogens (tertiary/aromatic N) is 1. The predicted molar refractivity (Wildman–Crippen MR) is 78.5 cm³/mol. The average molecular weight is 285 g/mol. The summed E-state index contributed by atoms with van der Waals surface area (Å²) in [5, 5.41) is 14.7. The molecule has 0 aliphatic rings. The van der Waals surface area contributed by atoms with Crippen molar-refractivity contribution < 1.29 is 4.92 Å². The summed E-state index contributed by atoms with van der Waals surface area (Å²) < 4.78 is 0. The van der Waals surface area contributed by atoms with Gasteiger partial charge in [0.05, 0.1) is 4.92 Å². The predicted octanol–water partition coefficient (Wildman–Crippen LogP) is 4.16. The maximum atomic E-state index is 10.7. The Morgan fingerprint density at radius 2 is 2.00 bits per heavy atom. The first-order valence-electron chi connectivity index (χ1n) is 6.65.